The number of rotatable bonds is 2. The van der Waals surface area contributed by atoms with Crippen molar-refractivity contribution in [1.29, 1.82) is 0 Å². The Balaban J connectivity index is 2.17. The highest BCUT2D eigenvalue weighted by atomic mass is 35.5. The zero-order valence-electron chi connectivity index (χ0n) is 7.75. The van der Waals surface area contributed by atoms with Crippen molar-refractivity contribution in [2.45, 2.75) is 24.3 Å². The Morgan fingerprint density at radius 1 is 1.36 bits per heavy atom. The molecule has 76 valence electrons. The fourth-order valence-corrected chi connectivity index (χ4v) is 2.43. The van der Waals surface area contributed by atoms with Gasteiger partial charge in [0, 0.05) is 11.6 Å². The standard InChI is InChI=1S/C11H12Cl2O/c12-9-5-2-1-4-8(9)11(13)10-6-3-7-14-10/h1-2,4-5,10-11H,3,6-7H2. The van der Waals surface area contributed by atoms with E-state index in [1.807, 2.05) is 24.3 Å². The smallest absolute Gasteiger partial charge is 0.0861 e. The van der Waals surface area contributed by atoms with E-state index >= 15 is 0 Å². The minimum absolute atomic E-state index is 0.119. The van der Waals surface area contributed by atoms with Gasteiger partial charge in [0.15, 0.2) is 0 Å². The Kier molecular flexibility index (Phi) is 3.32. The molecule has 2 unspecified atom stereocenters. The monoisotopic (exact) mass is 230 g/mol. The van der Waals surface area contributed by atoms with E-state index in [4.69, 9.17) is 27.9 Å². The van der Waals surface area contributed by atoms with Gasteiger partial charge in [-0.15, -0.1) is 11.6 Å². The minimum atomic E-state index is -0.119. The summed E-state index contributed by atoms with van der Waals surface area (Å²) in [5, 5.41) is 0.606. The largest absolute Gasteiger partial charge is 0.376 e. The fraction of sp³-hybridized carbons (Fsp3) is 0.455. The molecule has 1 aromatic carbocycles. The van der Waals surface area contributed by atoms with Gasteiger partial charge in [-0.3, -0.25) is 0 Å². The van der Waals surface area contributed by atoms with Gasteiger partial charge in [-0.2, -0.15) is 0 Å². The fourth-order valence-electron chi connectivity index (χ4n) is 1.73. The number of halogens is 2. The number of hydrogen-bond acceptors (Lipinski definition) is 1. The SMILES string of the molecule is Clc1ccccc1C(Cl)C1CCCO1. The molecule has 2 rings (SSSR count). The van der Waals surface area contributed by atoms with Crippen molar-refractivity contribution in [3.8, 4) is 0 Å². The molecule has 0 N–H and O–H groups in total. The van der Waals surface area contributed by atoms with Crippen LogP contribution in [0.15, 0.2) is 24.3 Å². The molecule has 0 spiro atoms. The van der Waals surface area contributed by atoms with E-state index in [0.717, 1.165) is 30.0 Å². The number of alkyl halides is 1. The lowest BCUT2D eigenvalue weighted by Crippen LogP contribution is -2.12. The Morgan fingerprint density at radius 2 is 2.14 bits per heavy atom. The predicted molar refractivity (Wildman–Crippen MR) is 59.0 cm³/mol. The zero-order valence-corrected chi connectivity index (χ0v) is 9.26. The molecule has 0 bridgehead atoms. The van der Waals surface area contributed by atoms with Crippen LogP contribution in [-0.4, -0.2) is 12.7 Å². The van der Waals surface area contributed by atoms with Crippen LogP contribution >= 0.6 is 23.2 Å². The van der Waals surface area contributed by atoms with Gasteiger partial charge >= 0.3 is 0 Å². The van der Waals surface area contributed by atoms with E-state index in [1.165, 1.54) is 0 Å². The molecular formula is C11H12Cl2O. The lowest BCUT2D eigenvalue weighted by atomic mass is 10.1. The number of ether oxygens (including phenoxy) is 1. The van der Waals surface area contributed by atoms with E-state index in [1.54, 1.807) is 0 Å². The first kappa shape index (κ1) is 10.3. The molecule has 1 aliphatic heterocycles. The first-order chi connectivity index (χ1) is 6.79. The minimum Gasteiger partial charge on any atom is -0.376 e. The molecule has 0 aromatic heterocycles. The summed E-state index contributed by atoms with van der Waals surface area (Å²) in [7, 11) is 0. The molecule has 14 heavy (non-hydrogen) atoms. The van der Waals surface area contributed by atoms with Gasteiger partial charge in [-0.1, -0.05) is 29.8 Å². The van der Waals surface area contributed by atoms with Crippen molar-refractivity contribution in [1.82, 2.24) is 0 Å². The average molecular weight is 231 g/mol. The van der Waals surface area contributed by atoms with Crippen molar-refractivity contribution in [3.63, 3.8) is 0 Å². The summed E-state index contributed by atoms with van der Waals surface area (Å²) >= 11 is 12.4. The Bertz CT molecular complexity index is 308. The second-order valence-electron chi connectivity index (χ2n) is 3.47. The molecule has 1 fully saturated rings. The quantitative estimate of drug-likeness (QED) is 0.703. The van der Waals surface area contributed by atoms with Gasteiger partial charge in [0.25, 0.3) is 0 Å². The van der Waals surface area contributed by atoms with Crippen LogP contribution in [0, 0.1) is 0 Å². The third-order valence-corrected chi connectivity index (χ3v) is 3.35. The van der Waals surface area contributed by atoms with E-state index in [2.05, 4.69) is 0 Å². The molecular weight excluding hydrogens is 219 g/mol. The molecule has 1 nitrogen and oxygen atoms in total. The highest BCUT2D eigenvalue weighted by molar-refractivity contribution is 6.32. The number of hydrogen-bond donors (Lipinski definition) is 0. The highest BCUT2D eigenvalue weighted by Crippen LogP contribution is 2.35. The van der Waals surface area contributed by atoms with Crippen LogP contribution in [0.3, 0.4) is 0 Å². The highest BCUT2D eigenvalue weighted by Gasteiger charge is 2.26. The van der Waals surface area contributed by atoms with Crippen molar-refractivity contribution < 1.29 is 4.74 Å². The Hall–Kier alpha value is -0.240. The number of benzene rings is 1. The van der Waals surface area contributed by atoms with Gasteiger partial charge in [0.2, 0.25) is 0 Å². The van der Waals surface area contributed by atoms with E-state index in [0.29, 0.717) is 0 Å². The Morgan fingerprint density at radius 3 is 2.79 bits per heavy atom. The Labute approximate surface area is 94.0 Å². The first-order valence-corrected chi connectivity index (χ1v) is 5.60. The van der Waals surface area contributed by atoms with Crippen molar-refractivity contribution in [3.05, 3.63) is 34.9 Å². The molecule has 3 heteroatoms. The first-order valence-electron chi connectivity index (χ1n) is 4.79. The molecule has 1 saturated heterocycles. The van der Waals surface area contributed by atoms with Crippen molar-refractivity contribution in [2.24, 2.45) is 0 Å². The van der Waals surface area contributed by atoms with Gasteiger partial charge < -0.3 is 4.74 Å². The van der Waals surface area contributed by atoms with E-state index in [-0.39, 0.29) is 11.5 Å². The van der Waals surface area contributed by atoms with Crippen LogP contribution in [0.5, 0.6) is 0 Å². The molecule has 1 heterocycles. The molecule has 0 saturated carbocycles. The zero-order chi connectivity index (χ0) is 9.97. The van der Waals surface area contributed by atoms with E-state index in [9.17, 15) is 0 Å². The lowest BCUT2D eigenvalue weighted by Gasteiger charge is -2.17. The maximum absolute atomic E-state index is 6.31. The van der Waals surface area contributed by atoms with Gasteiger partial charge in [-0.05, 0) is 24.5 Å². The molecule has 0 radical (unpaired) electrons. The summed E-state index contributed by atoms with van der Waals surface area (Å²) < 4.78 is 5.53. The lowest BCUT2D eigenvalue weighted by molar-refractivity contribution is 0.107. The van der Waals surface area contributed by atoms with Crippen LogP contribution in [0.4, 0.5) is 0 Å². The molecule has 1 aliphatic rings. The molecule has 1 aromatic rings. The van der Waals surface area contributed by atoms with Crippen LogP contribution in [0.1, 0.15) is 23.8 Å². The second kappa shape index (κ2) is 4.52. The van der Waals surface area contributed by atoms with Gasteiger partial charge in [0.1, 0.15) is 0 Å². The summed E-state index contributed by atoms with van der Waals surface area (Å²) in [6.45, 7) is 0.818. The van der Waals surface area contributed by atoms with Crippen LogP contribution in [0.25, 0.3) is 0 Å². The summed E-state index contributed by atoms with van der Waals surface area (Å²) in [5.41, 5.74) is 0.975. The van der Waals surface area contributed by atoms with Crippen LogP contribution < -0.4 is 0 Å². The summed E-state index contributed by atoms with van der Waals surface area (Å²) in [5.74, 6) is 0. The summed E-state index contributed by atoms with van der Waals surface area (Å²) in [6.07, 6.45) is 2.24. The second-order valence-corrected chi connectivity index (χ2v) is 4.35. The van der Waals surface area contributed by atoms with E-state index < -0.39 is 0 Å². The van der Waals surface area contributed by atoms with Crippen LogP contribution in [0.2, 0.25) is 5.02 Å². The molecule has 0 aliphatic carbocycles. The van der Waals surface area contributed by atoms with Gasteiger partial charge in [0.05, 0.1) is 11.5 Å². The predicted octanol–water partition coefficient (Wildman–Crippen LogP) is 3.80. The summed E-state index contributed by atoms with van der Waals surface area (Å²) in [6, 6.07) is 7.68. The van der Waals surface area contributed by atoms with Gasteiger partial charge in [-0.25, -0.2) is 0 Å². The van der Waals surface area contributed by atoms with Crippen molar-refractivity contribution in [2.75, 3.05) is 6.61 Å². The topological polar surface area (TPSA) is 9.23 Å². The maximum Gasteiger partial charge on any atom is 0.0861 e. The van der Waals surface area contributed by atoms with Crippen molar-refractivity contribution >= 4 is 23.2 Å². The third kappa shape index (κ3) is 2.05. The molecule has 2 atom stereocenters. The normalized spacial score (nSPS) is 23.7. The summed E-state index contributed by atoms with van der Waals surface area (Å²) in [4.78, 5) is 0. The average Bonchev–Trinajstić information content (AvgIpc) is 2.70. The third-order valence-electron chi connectivity index (χ3n) is 2.49. The molecule has 0 amide bonds. The van der Waals surface area contributed by atoms with Crippen LogP contribution in [-0.2, 0) is 4.74 Å². The maximum atomic E-state index is 6.31.